The van der Waals surface area contributed by atoms with E-state index in [2.05, 4.69) is 10.3 Å². The Bertz CT molecular complexity index is 626. The number of aliphatic hydroxyl groups excluding tert-OH is 1. The SMILES string of the molecule is Cc1cnc(CNc2ccc(OCCO)cc2C(F)(F)F)o1. The van der Waals surface area contributed by atoms with E-state index in [1.54, 1.807) is 6.92 Å². The van der Waals surface area contributed by atoms with Crippen LogP contribution in [0.15, 0.2) is 28.8 Å². The van der Waals surface area contributed by atoms with E-state index in [1.807, 2.05) is 0 Å². The Balaban J connectivity index is 2.18. The normalized spacial score (nSPS) is 11.5. The Morgan fingerprint density at radius 2 is 2.14 bits per heavy atom. The molecule has 0 unspecified atom stereocenters. The van der Waals surface area contributed by atoms with E-state index in [0.29, 0.717) is 11.7 Å². The van der Waals surface area contributed by atoms with E-state index in [9.17, 15) is 13.2 Å². The molecule has 120 valence electrons. The number of rotatable bonds is 6. The lowest BCUT2D eigenvalue weighted by atomic mass is 10.1. The van der Waals surface area contributed by atoms with Crippen molar-refractivity contribution >= 4 is 5.69 Å². The summed E-state index contributed by atoms with van der Waals surface area (Å²) >= 11 is 0. The third-order valence-corrected chi connectivity index (χ3v) is 2.76. The standard InChI is InChI=1S/C14H15F3N2O3/c1-9-7-19-13(22-9)8-18-12-3-2-10(21-5-4-20)6-11(12)14(15,16)17/h2-3,6-7,18,20H,4-5,8H2,1H3. The van der Waals surface area contributed by atoms with Gasteiger partial charge in [0.15, 0.2) is 0 Å². The number of nitrogens with one attached hydrogen (secondary N) is 1. The molecule has 2 N–H and O–H groups in total. The van der Waals surface area contributed by atoms with Gasteiger partial charge in [0.25, 0.3) is 0 Å². The molecular weight excluding hydrogens is 301 g/mol. The number of hydrogen-bond donors (Lipinski definition) is 2. The summed E-state index contributed by atoms with van der Waals surface area (Å²) in [4.78, 5) is 3.92. The summed E-state index contributed by atoms with van der Waals surface area (Å²) in [6.45, 7) is 1.39. The number of hydrogen-bond acceptors (Lipinski definition) is 5. The van der Waals surface area contributed by atoms with Gasteiger partial charge in [-0.15, -0.1) is 0 Å². The first-order chi connectivity index (χ1) is 10.4. The van der Waals surface area contributed by atoms with Gasteiger partial charge in [0.2, 0.25) is 5.89 Å². The number of halogens is 3. The summed E-state index contributed by atoms with van der Waals surface area (Å²) in [6.07, 6.45) is -3.04. The fraction of sp³-hybridized carbons (Fsp3) is 0.357. The molecule has 2 aromatic rings. The average Bonchev–Trinajstić information content (AvgIpc) is 2.88. The maximum Gasteiger partial charge on any atom is 0.418 e. The van der Waals surface area contributed by atoms with E-state index in [4.69, 9.17) is 14.3 Å². The predicted octanol–water partition coefficient (Wildman–Crippen LogP) is 2.99. The zero-order valence-electron chi connectivity index (χ0n) is 11.8. The maximum atomic E-state index is 13.1. The molecule has 0 spiro atoms. The first-order valence-electron chi connectivity index (χ1n) is 6.50. The highest BCUT2D eigenvalue weighted by atomic mass is 19.4. The molecule has 0 amide bonds. The largest absolute Gasteiger partial charge is 0.491 e. The summed E-state index contributed by atoms with van der Waals surface area (Å²) in [5, 5.41) is 11.3. The highest BCUT2D eigenvalue weighted by Gasteiger charge is 2.34. The molecule has 22 heavy (non-hydrogen) atoms. The molecule has 0 aliphatic rings. The van der Waals surface area contributed by atoms with Crippen molar-refractivity contribution in [3.63, 3.8) is 0 Å². The lowest BCUT2D eigenvalue weighted by molar-refractivity contribution is -0.137. The Labute approximate surface area is 124 Å². The smallest absolute Gasteiger partial charge is 0.418 e. The number of aryl methyl sites for hydroxylation is 1. The number of alkyl halides is 3. The zero-order chi connectivity index (χ0) is 16.2. The van der Waals surface area contributed by atoms with E-state index in [1.165, 1.54) is 18.3 Å². The van der Waals surface area contributed by atoms with Gasteiger partial charge in [-0.2, -0.15) is 13.2 Å². The second kappa shape index (κ2) is 6.69. The molecule has 0 bridgehead atoms. The van der Waals surface area contributed by atoms with Gasteiger partial charge in [-0.1, -0.05) is 0 Å². The number of nitrogens with zero attached hydrogens (tertiary/aromatic N) is 1. The topological polar surface area (TPSA) is 67.5 Å². The van der Waals surface area contributed by atoms with E-state index >= 15 is 0 Å². The minimum atomic E-state index is -4.53. The minimum Gasteiger partial charge on any atom is -0.491 e. The molecule has 5 nitrogen and oxygen atoms in total. The van der Waals surface area contributed by atoms with Gasteiger partial charge in [-0.05, 0) is 25.1 Å². The Hall–Kier alpha value is -2.22. The molecule has 0 fully saturated rings. The van der Waals surface area contributed by atoms with Crippen LogP contribution in [0.1, 0.15) is 17.2 Å². The summed E-state index contributed by atoms with van der Waals surface area (Å²) in [6, 6.07) is 3.55. The van der Waals surface area contributed by atoms with Gasteiger partial charge in [-0.25, -0.2) is 4.98 Å². The number of benzene rings is 1. The number of oxazole rings is 1. The number of ether oxygens (including phenoxy) is 1. The summed E-state index contributed by atoms with van der Waals surface area (Å²) in [5.41, 5.74) is -0.953. The van der Waals surface area contributed by atoms with Crippen molar-refractivity contribution in [2.75, 3.05) is 18.5 Å². The predicted molar refractivity (Wildman–Crippen MR) is 72.6 cm³/mol. The van der Waals surface area contributed by atoms with Gasteiger partial charge in [-0.3, -0.25) is 0 Å². The Kier molecular flexibility index (Phi) is 4.92. The van der Waals surface area contributed by atoms with Crippen LogP contribution >= 0.6 is 0 Å². The van der Waals surface area contributed by atoms with E-state index < -0.39 is 11.7 Å². The number of aromatic nitrogens is 1. The van der Waals surface area contributed by atoms with Crippen molar-refractivity contribution in [1.29, 1.82) is 0 Å². The minimum absolute atomic E-state index is 0.0355. The van der Waals surface area contributed by atoms with Crippen LogP contribution in [-0.4, -0.2) is 23.3 Å². The Morgan fingerprint density at radius 1 is 1.36 bits per heavy atom. The molecule has 0 saturated heterocycles. The van der Waals surface area contributed by atoms with Crippen LogP contribution < -0.4 is 10.1 Å². The number of anilines is 1. The van der Waals surface area contributed by atoms with Gasteiger partial charge < -0.3 is 19.6 Å². The molecule has 0 saturated carbocycles. The zero-order valence-corrected chi connectivity index (χ0v) is 11.8. The van der Waals surface area contributed by atoms with Crippen LogP contribution in [0.3, 0.4) is 0 Å². The maximum absolute atomic E-state index is 13.1. The number of aliphatic hydroxyl groups is 1. The van der Waals surface area contributed by atoms with Crippen molar-refractivity contribution in [3.8, 4) is 5.75 Å². The highest BCUT2D eigenvalue weighted by Crippen LogP contribution is 2.37. The first kappa shape index (κ1) is 16.2. The fourth-order valence-electron chi connectivity index (χ4n) is 1.82. The molecule has 0 aliphatic carbocycles. The van der Waals surface area contributed by atoms with Crippen LogP contribution in [0.2, 0.25) is 0 Å². The van der Waals surface area contributed by atoms with Crippen LogP contribution in [0.5, 0.6) is 5.75 Å². The lowest BCUT2D eigenvalue weighted by Gasteiger charge is -2.15. The van der Waals surface area contributed by atoms with Gasteiger partial charge in [0, 0.05) is 5.69 Å². The molecule has 1 aromatic carbocycles. The van der Waals surface area contributed by atoms with Gasteiger partial charge in [0.1, 0.15) is 18.1 Å². The summed E-state index contributed by atoms with van der Waals surface area (Å²) in [7, 11) is 0. The van der Waals surface area contributed by atoms with Crippen LogP contribution in [0, 0.1) is 6.92 Å². The average molecular weight is 316 g/mol. The fourth-order valence-corrected chi connectivity index (χ4v) is 1.82. The Morgan fingerprint density at radius 3 is 2.73 bits per heavy atom. The monoisotopic (exact) mass is 316 g/mol. The molecule has 0 radical (unpaired) electrons. The molecular formula is C14H15F3N2O3. The van der Waals surface area contributed by atoms with Crippen molar-refractivity contribution in [2.45, 2.75) is 19.6 Å². The summed E-state index contributed by atoms with van der Waals surface area (Å²) < 4.78 is 49.5. The molecule has 0 aliphatic heterocycles. The quantitative estimate of drug-likeness (QED) is 0.857. The second-order valence-corrected chi connectivity index (χ2v) is 4.50. The second-order valence-electron chi connectivity index (χ2n) is 4.50. The molecule has 2 rings (SSSR count). The van der Waals surface area contributed by atoms with Crippen molar-refractivity contribution in [1.82, 2.24) is 4.98 Å². The highest BCUT2D eigenvalue weighted by molar-refractivity contribution is 5.55. The lowest BCUT2D eigenvalue weighted by Crippen LogP contribution is -2.12. The van der Waals surface area contributed by atoms with Crippen molar-refractivity contribution < 1.29 is 27.4 Å². The molecule has 0 atom stereocenters. The van der Waals surface area contributed by atoms with E-state index in [0.717, 1.165) is 6.07 Å². The first-order valence-corrected chi connectivity index (χ1v) is 6.50. The van der Waals surface area contributed by atoms with Crippen LogP contribution in [0.4, 0.5) is 18.9 Å². The third-order valence-electron chi connectivity index (χ3n) is 2.76. The third kappa shape index (κ3) is 4.14. The van der Waals surface area contributed by atoms with Crippen molar-refractivity contribution in [2.24, 2.45) is 0 Å². The van der Waals surface area contributed by atoms with Crippen molar-refractivity contribution in [3.05, 3.63) is 41.6 Å². The van der Waals surface area contributed by atoms with Crippen LogP contribution in [-0.2, 0) is 12.7 Å². The van der Waals surface area contributed by atoms with Gasteiger partial charge >= 0.3 is 6.18 Å². The molecule has 1 heterocycles. The molecule has 8 heteroatoms. The summed E-state index contributed by atoms with van der Waals surface area (Å²) in [5.74, 6) is 0.922. The molecule has 1 aromatic heterocycles. The van der Waals surface area contributed by atoms with Gasteiger partial charge in [0.05, 0.1) is 24.9 Å². The van der Waals surface area contributed by atoms with Crippen LogP contribution in [0.25, 0.3) is 0 Å². The van der Waals surface area contributed by atoms with E-state index in [-0.39, 0.29) is 31.2 Å².